The van der Waals surface area contributed by atoms with Crippen LogP contribution in [0.4, 0.5) is 4.39 Å². The molecule has 1 aromatic carbocycles. The van der Waals surface area contributed by atoms with E-state index >= 15 is 0 Å². The normalized spacial score (nSPS) is 21.4. The van der Waals surface area contributed by atoms with Gasteiger partial charge in [0.05, 0.1) is 22.2 Å². The number of nitrogens with one attached hydrogen (secondary N) is 2. The highest BCUT2D eigenvalue weighted by molar-refractivity contribution is 7.13. The quantitative estimate of drug-likeness (QED) is 0.510. The fourth-order valence-electron chi connectivity index (χ4n) is 4.63. The Morgan fingerprint density at radius 3 is 2.54 bits per heavy atom. The summed E-state index contributed by atoms with van der Waals surface area (Å²) in [5, 5.41) is 15.8. The second-order valence-electron chi connectivity index (χ2n) is 11.3. The van der Waals surface area contributed by atoms with Gasteiger partial charge in [0.15, 0.2) is 5.67 Å². The minimum atomic E-state index is -1.92. The number of hydrogen-bond donors (Lipinski definition) is 3. The number of nitrogens with zero attached hydrogens (tertiary/aromatic N) is 2. The van der Waals surface area contributed by atoms with Gasteiger partial charge in [0, 0.05) is 19.5 Å². The summed E-state index contributed by atoms with van der Waals surface area (Å²) in [6.45, 7) is 9.51. The van der Waals surface area contributed by atoms with Crippen molar-refractivity contribution in [2.75, 3.05) is 6.54 Å². The molecular formula is C27H35FN4O4S. The lowest BCUT2D eigenvalue weighted by Gasteiger charge is -2.35. The Morgan fingerprint density at radius 1 is 1.27 bits per heavy atom. The van der Waals surface area contributed by atoms with E-state index in [1.807, 2.05) is 31.5 Å². The highest BCUT2D eigenvalue weighted by atomic mass is 32.1. The molecule has 0 spiro atoms. The molecule has 2 aromatic rings. The summed E-state index contributed by atoms with van der Waals surface area (Å²) >= 11 is 1.58. The van der Waals surface area contributed by atoms with Gasteiger partial charge in [-0.15, -0.1) is 11.3 Å². The van der Waals surface area contributed by atoms with Crippen molar-refractivity contribution >= 4 is 29.1 Å². The molecule has 2 fully saturated rings. The standard InChI is InChI=1S/C27H35FN4O4S/c1-15-10-17(21-16(2)30-14-37-21)6-7-18(15)12-29-23(34)20-11-19(33)13-32(20)24(35)22(26(3,4)5)31-25(36)27(28)8-9-27/h6-7,10,14,19-20,22,33H,8-9,11-13H2,1-5H3,(H,29,34)(H,31,36)/t19-,20?,22-/m1/s1. The van der Waals surface area contributed by atoms with Crippen LogP contribution in [0.1, 0.15) is 56.9 Å². The molecule has 2 heterocycles. The molecule has 2 aliphatic rings. The Kier molecular flexibility index (Phi) is 7.45. The predicted molar refractivity (Wildman–Crippen MR) is 139 cm³/mol. The third kappa shape index (κ3) is 5.85. The van der Waals surface area contributed by atoms with Crippen molar-refractivity contribution in [3.05, 3.63) is 40.5 Å². The van der Waals surface area contributed by atoms with E-state index in [4.69, 9.17) is 0 Å². The number of likely N-dealkylation sites (tertiary alicyclic amines) is 1. The van der Waals surface area contributed by atoms with Crippen molar-refractivity contribution < 1.29 is 23.9 Å². The van der Waals surface area contributed by atoms with E-state index in [9.17, 15) is 23.9 Å². The molecule has 1 aliphatic heterocycles. The van der Waals surface area contributed by atoms with Crippen LogP contribution in [0, 0.1) is 19.3 Å². The fourth-order valence-corrected chi connectivity index (χ4v) is 5.43. The van der Waals surface area contributed by atoms with Crippen LogP contribution in [0.15, 0.2) is 23.7 Å². The Morgan fingerprint density at radius 2 is 1.97 bits per heavy atom. The SMILES string of the molecule is Cc1cc(-c2scnc2C)ccc1CNC(=O)C1C[C@@H](O)CN1C(=O)[C@@H](NC(=O)C1(F)CC1)C(C)(C)C. The largest absolute Gasteiger partial charge is 0.391 e. The van der Waals surface area contributed by atoms with Crippen molar-refractivity contribution in [3.63, 3.8) is 0 Å². The zero-order valence-electron chi connectivity index (χ0n) is 21.9. The van der Waals surface area contributed by atoms with Crippen molar-refractivity contribution in [1.82, 2.24) is 20.5 Å². The number of benzene rings is 1. The van der Waals surface area contributed by atoms with Crippen LogP contribution in [0.5, 0.6) is 0 Å². The second kappa shape index (κ2) is 10.1. The van der Waals surface area contributed by atoms with Crippen molar-refractivity contribution in [3.8, 4) is 10.4 Å². The minimum absolute atomic E-state index is 0.0257. The number of aliphatic hydroxyl groups excluding tert-OH is 1. The van der Waals surface area contributed by atoms with Gasteiger partial charge in [-0.1, -0.05) is 39.0 Å². The summed E-state index contributed by atoms with van der Waals surface area (Å²) in [6, 6.07) is 4.11. The first-order valence-electron chi connectivity index (χ1n) is 12.6. The smallest absolute Gasteiger partial charge is 0.258 e. The average molecular weight is 531 g/mol. The first-order valence-corrected chi connectivity index (χ1v) is 13.4. The molecule has 37 heavy (non-hydrogen) atoms. The number of hydrogen-bond acceptors (Lipinski definition) is 6. The summed E-state index contributed by atoms with van der Waals surface area (Å²) in [5.74, 6) is -1.67. The number of amides is 3. The average Bonchev–Trinajstić information content (AvgIpc) is 3.23. The lowest BCUT2D eigenvalue weighted by atomic mass is 9.85. The first kappa shape index (κ1) is 27.2. The van der Waals surface area contributed by atoms with E-state index in [0.717, 1.165) is 27.3 Å². The zero-order valence-corrected chi connectivity index (χ0v) is 22.7. The summed E-state index contributed by atoms with van der Waals surface area (Å²) in [6.07, 6.45) is -0.489. The number of aromatic nitrogens is 1. The number of halogens is 1. The van der Waals surface area contributed by atoms with E-state index in [1.54, 1.807) is 32.1 Å². The van der Waals surface area contributed by atoms with E-state index in [-0.39, 0.29) is 38.3 Å². The van der Waals surface area contributed by atoms with Crippen molar-refractivity contribution in [2.45, 2.75) is 84.3 Å². The summed E-state index contributed by atoms with van der Waals surface area (Å²) in [7, 11) is 0. The molecule has 1 unspecified atom stereocenters. The van der Waals surface area contributed by atoms with Gasteiger partial charge in [0.1, 0.15) is 12.1 Å². The molecule has 1 saturated heterocycles. The number of carbonyl (C=O) groups is 3. The van der Waals surface area contributed by atoms with Crippen LogP contribution in [-0.4, -0.2) is 63.1 Å². The maximum absolute atomic E-state index is 14.3. The van der Waals surface area contributed by atoms with Gasteiger partial charge in [0.25, 0.3) is 5.91 Å². The highest BCUT2D eigenvalue weighted by Crippen LogP contribution is 2.40. The predicted octanol–water partition coefficient (Wildman–Crippen LogP) is 3.04. The number of aryl methyl sites for hydroxylation is 2. The van der Waals surface area contributed by atoms with E-state index < -0.39 is 41.1 Å². The Hall–Kier alpha value is -2.85. The van der Waals surface area contributed by atoms with Crippen LogP contribution in [0.25, 0.3) is 10.4 Å². The molecule has 1 aromatic heterocycles. The van der Waals surface area contributed by atoms with Gasteiger partial charge < -0.3 is 20.6 Å². The molecule has 3 amide bonds. The molecule has 3 N–H and O–H groups in total. The van der Waals surface area contributed by atoms with Gasteiger partial charge in [0.2, 0.25) is 11.8 Å². The molecule has 0 radical (unpaired) electrons. The maximum Gasteiger partial charge on any atom is 0.258 e. The van der Waals surface area contributed by atoms with Gasteiger partial charge >= 0.3 is 0 Å². The van der Waals surface area contributed by atoms with Crippen molar-refractivity contribution in [1.29, 1.82) is 0 Å². The molecule has 1 aliphatic carbocycles. The zero-order chi connectivity index (χ0) is 27.1. The first-order chi connectivity index (χ1) is 17.3. The van der Waals surface area contributed by atoms with E-state index in [1.165, 1.54) is 4.90 Å². The third-order valence-electron chi connectivity index (χ3n) is 7.15. The molecule has 10 heteroatoms. The number of β-amino-alcohol motifs (C(OH)–C–C–N with tert-alkyl or cyclic N) is 1. The topological polar surface area (TPSA) is 112 Å². The van der Waals surface area contributed by atoms with Crippen LogP contribution in [-0.2, 0) is 20.9 Å². The van der Waals surface area contributed by atoms with Gasteiger partial charge in [-0.3, -0.25) is 14.4 Å². The maximum atomic E-state index is 14.3. The number of thiazole rings is 1. The monoisotopic (exact) mass is 530 g/mol. The third-order valence-corrected chi connectivity index (χ3v) is 8.13. The molecule has 3 atom stereocenters. The van der Waals surface area contributed by atoms with Crippen LogP contribution >= 0.6 is 11.3 Å². The van der Waals surface area contributed by atoms with Crippen LogP contribution < -0.4 is 10.6 Å². The lowest BCUT2D eigenvalue weighted by Crippen LogP contribution is -2.59. The Bertz CT molecular complexity index is 1200. The second-order valence-corrected chi connectivity index (χ2v) is 12.1. The summed E-state index contributed by atoms with van der Waals surface area (Å²) in [4.78, 5) is 45.8. The number of alkyl halides is 1. The number of rotatable bonds is 7. The number of carbonyl (C=O) groups excluding carboxylic acids is 3. The Labute approximate surface area is 220 Å². The number of aliphatic hydroxyl groups is 1. The summed E-state index contributed by atoms with van der Waals surface area (Å²) in [5.41, 5.74) is 3.17. The highest BCUT2D eigenvalue weighted by Gasteiger charge is 2.53. The molecule has 1 saturated carbocycles. The summed E-state index contributed by atoms with van der Waals surface area (Å²) < 4.78 is 14.3. The van der Waals surface area contributed by atoms with Gasteiger partial charge in [-0.25, -0.2) is 9.37 Å². The van der Waals surface area contributed by atoms with Crippen LogP contribution in [0.3, 0.4) is 0 Å². The lowest BCUT2D eigenvalue weighted by molar-refractivity contribution is -0.145. The van der Waals surface area contributed by atoms with E-state index in [2.05, 4.69) is 21.7 Å². The van der Waals surface area contributed by atoms with E-state index in [0.29, 0.717) is 0 Å². The van der Waals surface area contributed by atoms with Gasteiger partial charge in [-0.2, -0.15) is 0 Å². The van der Waals surface area contributed by atoms with Crippen molar-refractivity contribution in [2.24, 2.45) is 5.41 Å². The molecule has 8 nitrogen and oxygen atoms in total. The Balaban J connectivity index is 1.45. The molecule has 0 bridgehead atoms. The fraction of sp³-hybridized carbons (Fsp3) is 0.556. The van der Waals surface area contributed by atoms with Crippen LogP contribution in [0.2, 0.25) is 0 Å². The molecule has 4 rings (SSSR count). The molecular weight excluding hydrogens is 495 g/mol. The minimum Gasteiger partial charge on any atom is -0.391 e. The molecule has 200 valence electrons. The van der Waals surface area contributed by atoms with Gasteiger partial charge in [-0.05, 0) is 48.8 Å².